The molecule has 1 unspecified atom stereocenters. The number of nitrogens with zero attached hydrogens (tertiary/aromatic N) is 1. The predicted octanol–water partition coefficient (Wildman–Crippen LogP) is 2.14. The molecule has 0 aliphatic rings. The van der Waals surface area contributed by atoms with Gasteiger partial charge in [0.25, 0.3) is 5.91 Å². The van der Waals surface area contributed by atoms with E-state index in [1.54, 1.807) is 54.6 Å². The van der Waals surface area contributed by atoms with E-state index < -0.39 is 11.9 Å². The van der Waals surface area contributed by atoms with E-state index in [1.165, 1.54) is 11.3 Å². The van der Waals surface area contributed by atoms with Crippen molar-refractivity contribution >= 4 is 39.7 Å². The van der Waals surface area contributed by atoms with Crippen molar-refractivity contribution in [1.82, 2.24) is 4.90 Å². The highest BCUT2D eigenvalue weighted by atomic mass is 32.1. The summed E-state index contributed by atoms with van der Waals surface area (Å²) in [6.45, 7) is 4.11. The van der Waals surface area contributed by atoms with E-state index in [9.17, 15) is 14.4 Å². The van der Waals surface area contributed by atoms with Crippen LogP contribution in [0.3, 0.4) is 0 Å². The second-order valence-corrected chi connectivity index (χ2v) is 6.95. The topological polar surface area (TPSA) is 114 Å². The van der Waals surface area contributed by atoms with E-state index >= 15 is 0 Å². The Kier molecular flexibility index (Phi) is 7.53. The Bertz CT molecular complexity index is 835. The normalized spacial score (nSPS) is 11.7. The van der Waals surface area contributed by atoms with Gasteiger partial charge in [-0.1, -0.05) is 6.92 Å². The van der Waals surface area contributed by atoms with Crippen LogP contribution in [0, 0.1) is 0 Å². The lowest BCUT2D eigenvalue weighted by Crippen LogP contribution is -2.45. The summed E-state index contributed by atoms with van der Waals surface area (Å²) >= 11 is 1.22. The number of likely N-dealkylation sites (N-methyl/N-ethyl adjacent to an activating group) is 1. The fourth-order valence-electron chi connectivity index (χ4n) is 2.56. The number of carbonyl (C=O) groups excluding carboxylic acids is 3. The largest absolute Gasteiger partial charge is 0.497 e. The number of benzene rings is 1. The third-order valence-corrected chi connectivity index (χ3v) is 5.05. The van der Waals surface area contributed by atoms with E-state index in [0.29, 0.717) is 23.0 Å². The zero-order valence-corrected chi connectivity index (χ0v) is 16.8. The predicted molar refractivity (Wildman–Crippen MR) is 110 cm³/mol. The highest BCUT2D eigenvalue weighted by Gasteiger charge is 2.24. The van der Waals surface area contributed by atoms with Gasteiger partial charge < -0.3 is 21.1 Å². The minimum Gasteiger partial charge on any atom is -0.497 e. The zero-order valence-electron chi connectivity index (χ0n) is 16.0. The van der Waals surface area contributed by atoms with Crippen molar-refractivity contribution in [1.29, 1.82) is 0 Å². The standard InChI is InChI=1S/C19H24N4O4S/c1-4-23(11-16(24)21-13-5-7-14(27-3)8-6-13)12(2)18(26)22-19-15(17(20)25)9-10-28-19/h5-10,12H,4,11H2,1-3H3,(H2,20,25)(H,21,24)(H,22,26). The van der Waals surface area contributed by atoms with E-state index in [4.69, 9.17) is 10.5 Å². The molecule has 1 atom stereocenters. The van der Waals surface area contributed by atoms with Crippen molar-refractivity contribution in [3.63, 3.8) is 0 Å². The van der Waals surface area contributed by atoms with E-state index in [2.05, 4.69) is 10.6 Å². The van der Waals surface area contributed by atoms with E-state index in [0.717, 1.165) is 0 Å². The minimum atomic E-state index is -0.601. The summed E-state index contributed by atoms with van der Waals surface area (Å²) < 4.78 is 5.09. The van der Waals surface area contributed by atoms with Crippen LogP contribution in [-0.2, 0) is 9.59 Å². The van der Waals surface area contributed by atoms with Crippen molar-refractivity contribution in [2.24, 2.45) is 5.73 Å². The molecular weight excluding hydrogens is 380 g/mol. The fourth-order valence-corrected chi connectivity index (χ4v) is 3.36. The van der Waals surface area contributed by atoms with Crippen molar-refractivity contribution in [3.8, 4) is 5.75 Å². The van der Waals surface area contributed by atoms with E-state index in [1.807, 2.05) is 6.92 Å². The molecule has 4 N–H and O–H groups in total. The number of carbonyl (C=O) groups is 3. The third-order valence-electron chi connectivity index (χ3n) is 4.22. The number of amides is 3. The molecule has 0 saturated carbocycles. The van der Waals surface area contributed by atoms with Gasteiger partial charge in [-0.15, -0.1) is 11.3 Å². The molecule has 0 saturated heterocycles. The Hall–Kier alpha value is -2.91. The average molecular weight is 404 g/mol. The summed E-state index contributed by atoms with van der Waals surface area (Å²) in [6.07, 6.45) is 0. The Morgan fingerprint density at radius 1 is 1.18 bits per heavy atom. The molecule has 3 amide bonds. The lowest BCUT2D eigenvalue weighted by Gasteiger charge is -2.26. The first-order chi connectivity index (χ1) is 13.3. The van der Waals surface area contributed by atoms with Gasteiger partial charge in [0, 0.05) is 5.69 Å². The molecule has 2 rings (SSSR count). The smallest absolute Gasteiger partial charge is 0.251 e. The number of thiophene rings is 1. The van der Waals surface area contributed by atoms with Crippen LogP contribution in [0.2, 0.25) is 0 Å². The van der Waals surface area contributed by atoms with Gasteiger partial charge in [0.05, 0.1) is 25.3 Å². The van der Waals surface area contributed by atoms with Crippen molar-refractivity contribution < 1.29 is 19.1 Å². The molecule has 8 nitrogen and oxygen atoms in total. The van der Waals surface area contributed by atoms with Gasteiger partial charge in [0.15, 0.2) is 0 Å². The van der Waals surface area contributed by atoms with Crippen LogP contribution in [-0.4, -0.2) is 48.9 Å². The van der Waals surface area contributed by atoms with Gasteiger partial charge in [-0.3, -0.25) is 19.3 Å². The van der Waals surface area contributed by atoms with Crippen molar-refractivity contribution in [2.45, 2.75) is 19.9 Å². The van der Waals surface area contributed by atoms with Gasteiger partial charge in [0.2, 0.25) is 11.8 Å². The van der Waals surface area contributed by atoms with Gasteiger partial charge in [-0.25, -0.2) is 0 Å². The molecule has 0 spiro atoms. The molecule has 1 aromatic heterocycles. The van der Waals surface area contributed by atoms with E-state index in [-0.39, 0.29) is 23.9 Å². The van der Waals surface area contributed by atoms with Gasteiger partial charge in [0.1, 0.15) is 10.8 Å². The second-order valence-electron chi connectivity index (χ2n) is 6.03. The maximum Gasteiger partial charge on any atom is 0.251 e. The molecule has 1 heterocycles. The van der Waals surface area contributed by atoms with Gasteiger partial charge in [-0.2, -0.15) is 0 Å². The Balaban J connectivity index is 1.96. The van der Waals surface area contributed by atoms with Crippen LogP contribution in [0.1, 0.15) is 24.2 Å². The van der Waals surface area contributed by atoms with Crippen LogP contribution >= 0.6 is 11.3 Å². The van der Waals surface area contributed by atoms with Gasteiger partial charge in [-0.05, 0) is 49.2 Å². The number of methoxy groups -OCH3 is 1. The minimum absolute atomic E-state index is 0.0459. The fraction of sp³-hybridized carbons (Fsp3) is 0.316. The summed E-state index contributed by atoms with van der Waals surface area (Å²) in [4.78, 5) is 38.0. The number of anilines is 2. The summed E-state index contributed by atoms with van der Waals surface area (Å²) in [7, 11) is 1.57. The number of primary amides is 1. The Labute approximate surface area is 167 Å². The van der Waals surface area contributed by atoms with Crippen LogP contribution in [0.25, 0.3) is 0 Å². The number of nitrogens with two attached hydrogens (primary N) is 1. The molecule has 0 bridgehead atoms. The monoisotopic (exact) mass is 404 g/mol. The first kappa shape index (κ1) is 21.4. The van der Waals surface area contributed by atoms with Crippen LogP contribution in [0.4, 0.5) is 10.7 Å². The number of rotatable bonds is 9. The zero-order chi connectivity index (χ0) is 20.7. The molecule has 0 radical (unpaired) electrons. The quantitative estimate of drug-likeness (QED) is 0.593. The maximum atomic E-state index is 12.6. The first-order valence-electron chi connectivity index (χ1n) is 8.71. The molecule has 0 aliphatic heterocycles. The molecular formula is C19H24N4O4S. The molecule has 0 fully saturated rings. The Morgan fingerprint density at radius 2 is 1.86 bits per heavy atom. The Morgan fingerprint density at radius 3 is 2.43 bits per heavy atom. The highest BCUT2D eigenvalue weighted by molar-refractivity contribution is 7.14. The SMILES string of the molecule is CCN(CC(=O)Nc1ccc(OC)cc1)C(C)C(=O)Nc1sccc1C(N)=O. The lowest BCUT2D eigenvalue weighted by atomic mass is 10.2. The lowest BCUT2D eigenvalue weighted by molar-refractivity contribution is -0.123. The van der Waals surface area contributed by atoms with Crippen molar-refractivity contribution in [2.75, 3.05) is 30.8 Å². The molecule has 9 heteroatoms. The number of hydrogen-bond donors (Lipinski definition) is 3. The number of ether oxygens (including phenoxy) is 1. The van der Waals surface area contributed by atoms with Crippen molar-refractivity contribution in [3.05, 3.63) is 41.3 Å². The molecule has 150 valence electrons. The summed E-state index contributed by atoms with van der Waals surface area (Å²) in [5, 5.41) is 7.59. The molecule has 1 aromatic carbocycles. The summed E-state index contributed by atoms with van der Waals surface area (Å²) in [5.74, 6) is -0.456. The maximum absolute atomic E-state index is 12.6. The second kappa shape index (κ2) is 9.86. The van der Waals surface area contributed by atoms with Crippen LogP contribution in [0.15, 0.2) is 35.7 Å². The van der Waals surface area contributed by atoms with Gasteiger partial charge >= 0.3 is 0 Å². The molecule has 0 aliphatic carbocycles. The first-order valence-corrected chi connectivity index (χ1v) is 9.59. The third kappa shape index (κ3) is 5.54. The molecule has 2 aromatic rings. The van der Waals surface area contributed by atoms with Crippen LogP contribution < -0.4 is 21.1 Å². The average Bonchev–Trinajstić information content (AvgIpc) is 3.14. The summed E-state index contributed by atoms with van der Waals surface area (Å²) in [6, 6.07) is 7.97. The highest BCUT2D eigenvalue weighted by Crippen LogP contribution is 2.23. The van der Waals surface area contributed by atoms with Crippen LogP contribution in [0.5, 0.6) is 5.75 Å². The molecule has 28 heavy (non-hydrogen) atoms. The number of nitrogens with one attached hydrogen (secondary N) is 2. The number of hydrogen-bond acceptors (Lipinski definition) is 6. The summed E-state index contributed by atoms with van der Waals surface area (Å²) in [5.41, 5.74) is 6.21.